The third-order valence-corrected chi connectivity index (χ3v) is 5.13. The molecule has 2 N–H and O–H groups in total. The van der Waals surface area contributed by atoms with Crippen LogP contribution >= 0.6 is 0 Å². The summed E-state index contributed by atoms with van der Waals surface area (Å²) < 4.78 is 40.4. The molecule has 0 aliphatic rings. The van der Waals surface area contributed by atoms with Crippen molar-refractivity contribution in [2.24, 2.45) is 0 Å². The Labute approximate surface area is 136 Å². The van der Waals surface area contributed by atoms with Gasteiger partial charge in [-0.05, 0) is 68.3 Å². The lowest BCUT2D eigenvalue weighted by Crippen LogP contribution is -2.15. The Kier molecular flexibility index (Phi) is 5.26. The zero-order valence-corrected chi connectivity index (χ0v) is 14.2. The van der Waals surface area contributed by atoms with Crippen LogP contribution in [-0.4, -0.2) is 14.5 Å². The molecule has 23 heavy (non-hydrogen) atoms. The maximum absolute atomic E-state index is 13.1. The predicted molar refractivity (Wildman–Crippen MR) is 91.8 cm³/mol. The molecule has 0 spiro atoms. The van der Waals surface area contributed by atoms with Crippen molar-refractivity contribution < 1.29 is 12.8 Å². The Hall–Kier alpha value is -2.08. The van der Waals surface area contributed by atoms with Crippen molar-refractivity contribution >= 4 is 21.4 Å². The molecule has 1 atom stereocenters. The third kappa shape index (κ3) is 4.45. The monoisotopic (exact) mass is 336 g/mol. The maximum Gasteiger partial charge on any atom is 0.262 e. The summed E-state index contributed by atoms with van der Waals surface area (Å²) in [5.74, 6) is -0.457. The maximum atomic E-state index is 13.1. The average Bonchev–Trinajstić information content (AvgIpc) is 2.48. The number of nitrogens with one attached hydrogen (secondary N) is 2. The highest BCUT2D eigenvalue weighted by molar-refractivity contribution is 7.92. The van der Waals surface area contributed by atoms with Crippen LogP contribution in [0.5, 0.6) is 0 Å². The number of hydrogen-bond donors (Lipinski definition) is 2. The molecule has 2 aromatic carbocycles. The number of sulfonamides is 1. The van der Waals surface area contributed by atoms with E-state index in [1.54, 1.807) is 19.1 Å². The highest BCUT2D eigenvalue weighted by Gasteiger charge is 2.17. The first-order valence-corrected chi connectivity index (χ1v) is 8.95. The lowest BCUT2D eigenvalue weighted by atomic mass is 10.2. The largest absolute Gasteiger partial charge is 0.383 e. The number of anilines is 2. The molecule has 0 aliphatic carbocycles. The number of rotatable bonds is 6. The van der Waals surface area contributed by atoms with Crippen LogP contribution in [0, 0.1) is 12.7 Å². The van der Waals surface area contributed by atoms with Crippen molar-refractivity contribution in [2.45, 2.75) is 38.1 Å². The SMILES string of the molecule is CCC(C)Nc1ccc(NS(=O)(=O)c2ccc(F)cc2C)cc1. The Morgan fingerprint density at radius 3 is 2.26 bits per heavy atom. The van der Waals surface area contributed by atoms with Gasteiger partial charge in [0, 0.05) is 17.4 Å². The van der Waals surface area contributed by atoms with E-state index >= 15 is 0 Å². The fourth-order valence-electron chi connectivity index (χ4n) is 2.15. The van der Waals surface area contributed by atoms with Gasteiger partial charge >= 0.3 is 0 Å². The minimum atomic E-state index is -3.74. The molecular formula is C17H21FN2O2S. The van der Waals surface area contributed by atoms with Gasteiger partial charge in [0.15, 0.2) is 0 Å². The molecule has 124 valence electrons. The smallest absolute Gasteiger partial charge is 0.262 e. The highest BCUT2D eigenvalue weighted by atomic mass is 32.2. The van der Waals surface area contributed by atoms with Crippen molar-refractivity contribution in [3.63, 3.8) is 0 Å². The van der Waals surface area contributed by atoms with Crippen LogP contribution < -0.4 is 10.0 Å². The Bertz CT molecular complexity index is 774. The molecule has 0 fully saturated rings. The first-order chi connectivity index (χ1) is 10.8. The molecule has 6 heteroatoms. The Morgan fingerprint density at radius 1 is 1.09 bits per heavy atom. The van der Waals surface area contributed by atoms with E-state index in [1.165, 1.54) is 12.1 Å². The van der Waals surface area contributed by atoms with E-state index in [1.807, 2.05) is 12.1 Å². The van der Waals surface area contributed by atoms with Crippen molar-refractivity contribution in [3.8, 4) is 0 Å². The van der Waals surface area contributed by atoms with Gasteiger partial charge in [0.1, 0.15) is 5.82 Å². The molecule has 0 amide bonds. The molecule has 2 rings (SSSR count). The zero-order chi connectivity index (χ0) is 17.0. The highest BCUT2D eigenvalue weighted by Crippen LogP contribution is 2.21. The summed E-state index contributed by atoms with van der Waals surface area (Å²) in [7, 11) is -3.74. The van der Waals surface area contributed by atoms with E-state index in [9.17, 15) is 12.8 Å². The van der Waals surface area contributed by atoms with Crippen LogP contribution in [-0.2, 0) is 10.0 Å². The molecule has 2 aromatic rings. The van der Waals surface area contributed by atoms with E-state index in [0.717, 1.165) is 18.2 Å². The topological polar surface area (TPSA) is 58.2 Å². The zero-order valence-electron chi connectivity index (χ0n) is 13.4. The van der Waals surface area contributed by atoms with E-state index in [-0.39, 0.29) is 4.90 Å². The molecule has 1 unspecified atom stereocenters. The fourth-order valence-corrected chi connectivity index (χ4v) is 3.43. The van der Waals surface area contributed by atoms with Crippen LogP contribution in [0.4, 0.5) is 15.8 Å². The van der Waals surface area contributed by atoms with Crippen LogP contribution in [0.1, 0.15) is 25.8 Å². The first kappa shape index (κ1) is 17.3. The van der Waals surface area contributed by atoms with Crippen LogP contribution in [0.3, 0.4) is 0 Å². The van der Waals surface area contributed by atoms with Gasteiger partial charge in [0.05, 0.1) is 4.90 Å². The van der Waals surface area contributed by atoms with E-state index in [0.29, 0.717) is 17.3 Å². The van der Waals surface area contributed by atoms with Crippen LogP contribution in [0.25, 0.3) is 0 Å². The van der Waals surface area contributed by atoms with Gasteiger partial charge in [-0.2, -0.15) is 0 Å². The summed E-state index contributed by atoms with van der Waals surface area (Å²) in [6.07, 6.45) is 0.998. The molecule has 0 aliphatic heterocycles. The van der Waals surface area contributed by atoms with E-state index in [4.69, 9.17) is 0 Å². The van der Waals surface area contributed by atoms with Crippen molar-refractivity contribution in [1.29, 1.82) is 0 Å². The minimum absolute atomic E-state index is 0.0701. The summed E-state index contributed by atoms with van der Waals surface area (Å²) in [5, 5.41) is 3.31. The van der Waals surface area contributed by atoms with Crippen LogP contribution in [0.2, 0.25) is 0 Å². The number of benzene rings is 2. The molecule has 0 aromatic heterocycles. The molecule has 0 bridgehead atoms. The molecule has 0 heterocycles. The van der Waals surface area contributed by atoms with Gasteiger partial charge in [-0.3, -0.25) is 4.72 Å². The summed E-state index contributed by atoms with van der Waals surface area (Å²) in [4.78, 5) is 0.0701. The van der Waals surface area contributed by atoms with Crippen molar-refractivity contribution in [2.75, 3.05) is 10.0 Å². The molecule has 0 saturated heterocycles. The van der Waals surface area contributed by atoms with Gasteiger partial charge in [-0.15, -0.1) is 0 Å². The lowest BCUT2D eigenvalue weighted by molar-refractivity contribution is 0.598. The quantitative estimate of drug-likeness (QED) is 0.833. The molecule has 0 saturated carbocycles. The predicted octanol–water partition coefficient (Wildman–Crippen LogP) is 4.15. The fraction of sp³-hybridized carbons (Fsp3) is 0.294. The number of hydrogen-bond acceptors (Lipinski definition) is 3. The Morgan fingerprint density at radius 2 is 1.70 bits per heavy atom. The second kappa shape index (κ2) is 7.00. The van der Waals surface area contributed by atoms with Gasteiger partial charge in [-0.25, -0.2) is 12.8 Å². The summed E-state index contributed by atoms with van der Waals surface area (Å²) in [6, 6.07) is 11.0. The minimum Gasteiger partial charge on any atom is -0.383 e. The number of halogens is 1. The van der Waals surface area contributed by atoms with Gasteiger partial charge < -0.3 is 5.32 Å². The van der Waals surface area contributed by atoms with Crippen molar-refractivity contribution in [3.05, 3.63) is 53.8 Å². The normalized spacial score (nSPS) is 12.7. The Balaban J connectivity index is 2.17. The van der Waals surface area contributed by atoms with Crippen LogP contribution in [0.15, 0.2) is 47.4 Å². The summed E-state index contributed by atoms with van der Waals surface area (Å²) in [5.41, 5.74) is 1.76. The van der Waals surface area contributed by atoms with E-state index in [2.05, 4.69) is 23.9 Å². The number of aryl methyl sites for hydroxylation is 1. The second-order valence-electron chi connectivity index (χ2n) is 5.55. The van der Waals surface area contributed by atoms with Crippen molar-refractivity contribution in [1.82, 2.24) is 0 Å². The lowest BCUT2D eigenvalue weighted by Gasteiger charge is -2.14. The molecular weight excluding hydrogens is 315 g/mol. The van der Waals surface area contributed by atoms with Gasteiger partial charge in [0.25, 0.3) is 10.0 Å². The molecule has 4 nitrogen and oxygen atoms in total. The van der Waals surface area contributed by atoms with E-state index < -0.39 is 15.8 Å². The standard InChI is InChI=1S/C17H21FN2O2S/c1-4-13(3)19-15-6-8-16(9-7-15)20-23(21,22)17-10-5-14(18)11-12(17)2/h5-11,13,19-20H,4H2,1-3H3. The third-order valence-electron chi connectivity index (χ3n) is 3.59. The van der Waals surface area contributed by atoms with Gasteiger partial charge in [0.2, 0.25) is 0 Å². The average molecular weight is 336 g/mol. The van der Waals surface area contributed by atoms with Gasteiger partial charge in [-0.1, -0.05) is 6.92 Å². The second-order valence-corrected chi connectivity index (χ2v) is 7.20. The summed E-state index contributed by atoms with van der Waals surface area (Å²) in [6.45, 7) is 5.73. The first-order valence-electron chi connectivity index (χ1n) is 7.47. The molecule has 0 radical (unpaired) electrons. The summed E-state index contributed by atoms with van der Waals surface area (Å²) >= 11 is 0.